The molecule has 0 spiro atoms. The second-order valence-electron chi connectivity index (χ2n) is 4.03. The predicted molar refractivity (Wildman–Crippen MR) is 57.2 cm³/mol. The van der Waals surface area contributed by atoms with E-state index in [4.69, 9.17) is 10.5 Å². The van der Waals surface area contributed by atoms with Crippen molar-refractivity contribution in [1.82, 2.24) is 4.90 Å². The normalized spacial score (nSPS) is 18.6. The van der Waals surface area contributed by atoms with Crippen LogP contribution in [0.25, 0.3) is 0 Å². The first-order valence-corrected chi connectivity index (χ1v) is 5.28. The Kier molecular flexibility index (Phi) is 6.28. The second kappa shape index (κ2) is 6.42. The highest BCUT2D eigenvalue weighted by molar-refractivity contribution is 4.88. The maximum Gasteiger partial charge on any atom is 0.405 e. The molecule has 2 N–H and O–H groups in total. The van der Waals surface area contributed by atoms with Crippen molar-refractivity contribution >= 4 is 0 Å². The largest absolute Gasteiger partial charge is 0.405 e. The third-order valence-corrected chi connectivity index (χ3v) is 2.75. The predicted octanol–water partition coefficient (Wildman–Crippen LogP) is 1.62. The average molecular weight is 242 g/mol. The number of methoxy groups -OCH3 is 1. The Morgan fingerprint density at radius 3 is 2.19 bits per heavy atom. The Morgan fingerprint density at radius 2 is 1.88 bits per heavy atom. The van der Waals surface area contributed by atoms with Gasteiger partial charge in [0.05, 0.1) is 6.61 Å². The summed E-state index contributed by atoms with van der Waals surface area (Å²) >= 11 is 0. The van der Waals surface area contributed by atoms with Gasteiger partial charge in [-0.05, 0) is 20.4 Å². The van der Waals surface area contributed by atoms with Crippen molar-refractivity contribution in [1.29, 1.82) is 0 Å². The van der Waals surface area contributed by atoms with Crippen LogP contribution in [-0.2, 0) is 4.74 Å². The summed E-state index contributed by atoms with van der Waals surface area (Å²) < 4.78 is 43.4. The van der Waals surface area contributed by atoms with Crippen molar-refractivity contribution < 1.29 is 17.9 Å². The van der Waals surface area contributed by atoms with Crippen LogP contribution in [0, 0.1) is 0 Å². The van der Waals surface area contributed by atoms with E-state index in [1.807, 2.05) is 0 Å². The van der Waals surface area contributed by atoms with Gasteiger partial charge in [-0.1, -0.05) is 6.92 Å². The number of nitrogens with two attached hydrogens (primary N) is 1. The Balaban J connectivity index is 4.76. The van der Waals surface area contributed by atoms with Crippen LogP contribution >= 0.6 is 0 Å². The zero-order valence-electron chi connectivity index (χ0n) is 10.2. The quantitative estimate of drug-likeness (QED) is 0.769. The zero-order valence-corrected chi connectivity index (χ0v) is 10.2. The Morgan fingerprint density at radius 1 is 1.38 bits per heavy atom. The molecule has 0 fully saturated rings. The lowest BCUT2D eigenvalue weighted by atomic mass is 10.0. The van der Waals surface area contributed by atoms with Crippen LogP contribution in [0.5, 0.6) is 0 Å². The van der Waals surface area contributed by atoms with Gasteiger partial charge in [0.2, 0.25) is 0 Å². The van der Waals surface area contributed by atoms with Crippen molar-refractivity contribution in [3.05, 3.63) is 0 Å². The topological polar surface area (TPSA) is 38.5 Å². The second-order valence-corrected chi connectivity index (χ2v) is 4.03. The molecule has 0 saturated carbocycles. The van der Waals surface area contributed by atoms with E-state index in [0.717, 1.165) is 0 Å². The molecular formula is C10H21F3N2O. The summed E-state index contributed by atoms with van der Waals surface area (Å²) in [6, 6.07) is -2.86. The summed E-state index contributed by atoms with van der Waals surface area (Å²) in [7, 11) is 2.89. The molecule has 16 heavy (non-hydrogen) atoms. The molecule has 0 aliphatic carbocycles. The van der Waals surface area contributed by atoms with Gasteiger partial charge >= 0.3 is 6.18 Å². The number of alkyl halides is 3. The molecule has 0 amide bonds. The van der Waals surface area contributed by atoms with Crippen LogP contribution in [0.1, 0.15) is 20.3 Å². The van der Waals surface area contributed by atoms with Crippen LogP contribution in [0.4, 0.5) is 13.2 Å². The fourth-order valence-corrected chi connectivity index (χ4v) is 1.63. The minimum absolute atomic E-state index is 0.250. The fourth-order valence-electron chi connectivity index (χ4n) is 1.63. The standard InChI is InChI=1S/C10H21F3N2O/c1-5-8(14)9(10(11,12)13)15(3)7(2)6-16-4/h7-9H,5-6,14H2,1-4H3. The monoisotopic (exact) mass is 242 g/mol. The van der Waals surface area contributed by atoms with E-state index in [2.05, 4.69) is 0 Å². The minimum Gasteiger partial charge on any atom is -0.383 e. The number of halogens is 3. The number of likely N-dealkylation sites (N-methyl/N-ethyl adjacent to an activating group) is 1. The van der Waals surface area contributed by atoms with E-state index in [0.29, 0.717) is 0 Å². The molecule has 0 aliphatic heterocycles. The first kappa shape index (κ1) is 15.7. The molecule has 3 nitrogen and oxygen atoms in total. The Labute approximate surface area is 94.7 Å². The van der Waals surface area contributed by atoms with Gasteiger partial charge in [0.15, 0.2) is 0 Å². The number of ether oxygens (including phenoxy) is 1. The van der Waals surface area contributed by atoms with Crippen LogP contribution in [0.2, 0.25) is 0 Å². The lowest BCUT2D eigenvalue weighted by molar-refractivity contribution is -0.192. The lowest BCUT2D eigenvalue weighted by Gasteiger charge is -2.37. The molecule has 0 aliphatic rings. The summed E-state index contributed by atoms with van der Waals surface area (Å²) in [6.45, 7) is 3.59. The molecule has 0 rings (SSSR count). The van der Waals surface area contributed by atoms with E-state index in [9.17, 15) is 13.2 Å². The van der Waals surface area contributed by atoms with E-state index in [1.165, 1.54) is 19.1 Å². The summed E-state index contributed by atoms with van der Waals surface area (Å²) in [5, 5.41) is 0. The van der Waals surface area contributed by atoms with Gasteiger partial charge in [-0.25, -0.2) is 0 Å². The molecule has 3 unspecified atom stereocenters. The SMILES string of the molecule is CCC(N)C(N(C)C(C)COC)C(F)(F)F. The maximum atomic E-state index is 12.8. The summed E-state index contributed by atoms with van der Waals surface area (Å²) in [5.41, 5.74) is 5.54. The third-order valence-electron chi connectivity index (χ3n) is 2.75. The number of nitrogens with zero attached hydrogens (tertiary/aromatic N) is 1. The Hall–Kier alpha value is -0.330. The maximum absolute atomic E-state index is 12.8. The van der Waals surface area contributed by atoms with E-state index < -0.39 is 18.3 Å². The number of hydrogen-bond donors (Lipinski definition) is 1. The molecule has 6 heteroatoms. The van der Waals surface area contributed by atoms with Gasteiger partial charge in [-0.3, -0.25) is 4.90 Å². The molecule has 98 valence electrons. The van der Waals surface area contributed by atoms with Gasteiger partial charge < -0.3 is 10.5 Å². The van der Waals surface area contributed by atoms with Gasteiger partial charge in [0, 0.05) is 19.2 Å². The number of hydrogen-bond acceptors (Lipinski definition) is 3. The lowest BCUT2D eigenvalue weighted by Crippen LogP contribution is -2.57. The molecule has 0 heterocycles. The summed E-state index contributed by atoms with van der Waals surface area (Å²) in [4.78, 5) is 1.23. The van der Waals surface area contributed by atoms with Crippen LogP contribution in [-0.4, -0.2) is 50.0 Å². The van der Waals surface area contributed by atoms with Gasteiger partial charge in [-0.2, -0.15) is 13.2 Å². The van der Waals surface area contributed by atoms with E-state index >= 15 is 0 Å². The molecule has 0 aromatic heterocycles. The number of rotatable bonds is 6. The zero-order chi connectivity index (χ0) is 12.9. The van der Waals surface area contributed by atoms with Gasteiger partial charge in [0.25, 0.3) is 0 Å². The van der Waals surface area contributed by atoms with Crippen molar-refractivity contribution in [2.75, 3.05) is 20.8 Å². The molecule has 0 saturated heterocycles. The molecule has 3 atom stereocenters. The van der Waals surface area contributed by atoms with E-state index in [1.54, 1.807) is 13.8 Å². The van der Waals surface area contributed by atoms with Crippen LogP contribution in [0.3, 0.4) is 0 Å². The summed E-state index contributed by atoms with van der Waals surface area (Å²) in [5.74, 6) is 0. The van der Waals surface area contributed by atoms with Crippen molar-refractivity contribution in [3.8, 4) is 0 Å². The van der Waals surface area contributed by atoms with Gasteiger partial charge in [-0.15, -0.1) is 0 Å². The highest BCUT2D eigenvalue weighted by Gasteiger charge is 2.46. The van der Waals surface area contributed by atoms with Crippen molar-refractivity contribution in [2.24, 2.45) is 5.73 Å². The molecule has 0 aromatic rings. The Bertz CT molecular complexity index is 199. The van der Waals surface area contributed by atoms with Crippen molar-refractivity contribution in [2.45, 2.75) is 44.6 Å². The van der Waals surface area contributed by atoms with Crippen LogP contribution < -0.4 is 5.73 Å². The van der Waals surface area contributed by atoms with E-state index in [-0.39, 0.29) is 19.1 Å². The minimum atomic E-state index is -4.31. The molecule has 0 radical (unpaired) electrons. The third kappa shape index (κ3) is 4.27. The highest BCUT2D eigenvalue weighted by atomic mass is 19.4. The molecular weight excluding hydrogens is 221 g/mol. The molecule has 0 bridgehead atoms. The first-order chi connectivity index (χ1) is 7.25. The van der Waals surface area contributed by atoms with Gasteiger partial charge in [0.1, 0.15) is 6.04 Å². The summed E-state index contributed by atoms with van der Waals surface area (Å²) in [6.07, 6.45) is -4.03. The van der Waals surface area contributed by atoms with Crippen molar-refractivity contribution in [3.63, 3.8) is 0 Å². The molecule has 0 aromatic carbocycles. The van der Waals surface area contributed by atoms with Crippen LogP contribution in [0.15, 0.2) is 0 Å². The smallest absolute Gasteiger partial charge is 0.383 e. The first-order valence-electron chi connectivity index (χ1n) is 5.28. The highest BCUT2D eigenvalue weighted by Crippen LogP contribution is 2.28. The fraction of sp³-hybridized carbons (Fsp3) is 1.00. The average Bonchev–Trinajstić information content (AvgIpc) is 2.15.